The number of hydrogen-bond acceptors (Lipinski definition) is 3. The maximum Gasteiger partial charge on any atom is 0.191 e. The lowest BCUT2D eigenvalue weighted by Crippen LogP contribution is -2.48. The highest BCUT2D eigenvalue weighted by Gasteiger charge is 2.35. The van der Waals surface area contributed by atoms with E-state index in [4.69, 9.17) is 9.73 Å². The van der Waals surface area contributed by atoms with Crippen LogP contribution in [0.25, 0.3) is 0 Å². The van der Waals surface area contributed by atoms with Crippen LogP contribution in [0.5, 0.6) is 0 Å². The SMILES string of the molecule is CCNC(=NCc1ccsc1)NCC1(c2ccccc2C)CCOCC1. The second-order valence-electron chi connectivity index (χ2n) is 6.89. The molecule has 4 nitrogen and oxygen atoms in total. The van der Waals surface area contributed by atoms with E-state index in [9.17, 15) is 0 Å². The van der Waals surface area contributed by atoms with E-state index in [1.807, 2.05) is 0 Å². The second kappa shape index (κ2) is 9.19. The smallest absolute Gasteiger partial charge is 0.191 e. The van der Waals surface area contributed by atoms with Crippen molar-refractivity contribution in [3.63, 3.8) is 0 Å². The van der Waals surface area contributed by atoms with Crippen molar-refractivity contribution in [3.8, 4) is 0 Å². The van der Waals surface area contributed by atoms with Gasteiger partial charge < -0.3 is 15.4 Å². The molecule has 0 unspecified atom stereocenters. The molecule has 1 aliphatic heterocycles. The summed E-state index contributed by atoms with van der Waals surface area (Å²) in [7, 11) is 0. The highest BCUT2D eigenvalue weighted by Crippen LogP contribution is 2.36. The monoisotopic (exact) mass is 371 g/mol. The lowest BCUT2D eigenvalue weighted by atomic mass is 9.72. The fraction of sp³-hybridized carbons (Fsp3) is 0.476. The van der Waals surface area contributed by atoms with Gasteiger partial charge in [0.15, 0.2) is 5.96 Å². The summed E-state index contributed by atoms with van der Waals surface area (Å²) < 4.78 is 5.66. The largest absolute Gasteiger partial charge is 0.381 e. The molecule has 0 saturated carbocycles. The average molecular weight is 372 g/mol. The van der Waals surface area contributed by atoms with Gasteiger partial charge in [-0.1, -0.05) is 24.3 Å². The van der Waals surface area contributed by atoms with Crippen LogP contribution in [0, 0.1) is 6.92 Å². The fourth-order valence-electron chi connectivity index (χ4n) is 3.62. The summed E-state index contributed by atoms with van der Waals surface area (Å²) in [6.45, 7) is 8.39. The topological polar surface area (TPSA) is 45.7 Å². The Balaban J connectivity index is 1.75. The highest BCUT2D eigenvalue weighted by atomic mass is 32.1. The number of guanidine groups is 1. The zero-order valence-electron chi connectivity index (χ0n) is 15.8. The minimum Gasteiger partial charge on any atom is -0.381 e. The first-order valence-electron chi connectivity index (χ1n) is 9.41. The van der Waals surface area contributed by atoms with Crippen molar-refractivity contribution >= 4 is 17.3 Å². The standard InChI is InChI=1S/C21H29N3OS/c1-3-22-20(23-14-18-8-13-26-15-18)24-16-21(9-11-25-12-10-21)19-7-5-4-6-17(19)2/h4-8,13,15H,3,9-12,14,16H2,1-2H3,(H2,22,23,24). The number of hydrogen-bond donors (Lipinski definition) is 2. The first-order chi connectivity index (χ1) is 12.7. The zero-order chi connectivity index (χ0) is 18.2. The molecule has 140 valence electrons. The Hall–Kier alpha value is -1.85. The number of ether oxygens (including phenoxy) is 1. The number of rotatable bonds is 6. The van der Waals surface area contributed by atoms with Crippen LogP contribution in [0.3, 0.4) is 0 Å². The number of benzene rings is 1. The van der Waals surface area contributed by atoms with Crippen molar-refractivity contribution in [2.75, 3.05) is 26.3 Å². The molecule has 3 rings (SSSR count). The van der Waals surface area contributed by atoms with Crippen LogP contribution in [0.15, 0.2) is 46.1 Å². The molecule has 1 saturated heterocycles. The van der Waals surface area contributed by atoms with Crippen LogP contribution >= 0.6 is 11.3 Å². The molecule has 0 aliphatic carbocycles. The Labute approximate surface area is 160 Å². The van der Waals surface area contributed by atoms with Crippen LogP contribution < -0.4 is 10.6 Å². The van der Waals surface area contributed by atoms with Crippen molar-refractivity contribution in [1.29, 1.82) is 0 Å². The predicted molar refractivity (Wildman–Crippen MR) is 110 cm³/mol. The van der Waals surface area contributed by atoms with Crippen LogP contribution in [0.4, 0.5) is 0 Å². The molecule has 2 heterocycles. The molecular weight excluding hydrogens is 342 g/mol. The Bertz CT molecular complexity index is 706. The minimum atomic E-state index is 0.0994. The van der Waals surface area contributed by atoms with E-state index in [1.54, 1.807) is 11.3 Å². The van der Waals surface area contributed by atoms with Crippen molar-refractivity contribution in [2.45, 2.75) is 38.6 Å². The van der Waals surface area contributed by atoms with Crippen molar-refractivity contribution < 1.29 is 4.74 Å². The lowest BCUT2D eigenvalue weighted by Gasteiger charge is -2.39. The van der Waals surface area contributed by atoms with Crippen molar-refractivity contribution in [1.82, 2.24) is 10.6 Å². The number of aliphatic imine (C=N–C) groups is 1. The molecule has 2 aromatic rings. The van der Waals surface area contributed by atoms with E-state index >= 15 is 0 Å². The van der Waals surface area contributed by atoms with E-state index in [0.29, 0.717) is 6.54 Å². The number of nitrogens with zero attached hydrogens (tertiary/aromatic N) is 1. The molecule has 0 bridgehead atoms. The van der Waals surface area contributed by atoms with E-state index < -0.39 is 0 Å². The third-order valence-electron chi connectivity index (χ3n) is 5.10. The molecule has 1 fully saturated rings. The number of thiophene rings is 1. The maximum atomic E-state index is 5.66. The molecule has 1 aromatic carbocycles. The molecule has 0 atom stereocenters. The molecule has 2 N–H and O–H groups in total. The van der Waals surface area contributed by atoms with Crippen molar-refractivity contribution in [3.05, 3.63) is 57.8 Å². The van der Waals surface area contributed by atoms with Crippen LogP contribution in [0.1, 0.15) is 36.5 Å². The van der Waals surface area contributed by atoms with Gasteiger partial charge in [-0.3, -0.25) is 0 Å². The van der Waals surface area contributed by atoms with Gasteiger partial charge in [0.2, 0.25) is 0 Å². The molecule has 1 aliphatic rings. The molecule has 0 spiro atoms. The molecule has 5 heteroatoms. The van der Waals surface area contributed by atoms with E-state index in [1.165, 1.54) is 16.7 Å². The number of nitrogens with one attached hydrogen (secondary N) is 2. The Morgan fingerprint density at radius 1 is 1.19 bits per heavy atom. The summed E-state index contributed by atoms with van der Waals surface area (Å²) in [4.78, 5) is 4.76. The normalized spacial score (nSPS) is 17.1. The van der Waals surface area contributed by atoms with Gasteiger partial charge in [0.05, 0.1) is 6.54 Å². The molecular formula is C21H29N3OS. The van der Waals surface area contributed by atoms with E-state index in [-0.39, 0.29) is 5.41 Å². The molecule has 0 amide bonds. The quantitative estimate of drug-likeness (QED) is 0.599. The van der Waals surface area contributed by atoms with Gasteiger partial charge >= 0.3 is 0 Å². The van der Waals surface area contributed by atoms with Gasteiger partial charge in [0.25, 0.3) is 0 Å². The lowest BCUT2D eigenvalue weighted by molar-refractivity contribution is 0.0512. The van der Waals surface area contributed by atoms with Crippen LogP contribution in [-0.4, -0.2) is 32.3 Å². The average Bonchev–Trinajstić information content (AvgIpc) is 3.19. The summed E-state index contributed by atoms with van der Waals surface area (Å²) in [5, 5.41) is 11.2. The fourth-order valence-corrected chi connectivity index (χ4v) is 4.28. The third kappa shape index (κ3) is 4.65. The predicted octanol–water partition coefficient (Wildman–Crippen LogP) is 3.86. The van der Waals surface area contributed by atoms with Crippen molar-refractivity contribution in [2.24, 2.45) is 4.99 Å². The molecule has 0 radical (unpaired) electrons. The molecule has 1 aromatic heterocycles. The van der Waals surface area contributed by atoms with Crippen LogP contribution in [-0.2, 0) is 16.7 Å². The van der Waals surface area contributed by atoms with Gasteiger partial charge in [-0.05, 0) is 60.2 Å². The Kier molecular flexibility index (Phi) is 6.69. The first-order valence-corrected chi connectivity index (χ1v) is 10.3. The maximum absolute atomic E-state index is 5.66. The van der Waals surface area contributed by atoms with E-state index in [0.717, 1.165) is 45.1 Å². The third-order valence-corrected chi connectivity index (χ3v) is 5.84. The Morgan fingerprint density at radius 3 is 2.69 bits per heavy atom. The minimum absolute atomic E-state index is 0.0994. The van der Waals surface area contributed by atoms with Gasteiger partial charge in [0, 0.05) is 31.7 Å². The van der Waals surface area contributed by atoms with Gasteiger partial charge in [-0.25, -0.2) is 4.99 Å². The number of aryl methyl sites for hydroxylation is 1. The zero-order valence-corrected chi connectivity index (χ0v) is 16.6. The summed E-state index contributed by atoms with van der Waals surface area (Å²) in [6.07, 6.45) is 2.07. The summed E-state index contributed by atoms with van der Waals surface area (Å²) >= 11 is 1.71. The van der Waals surface area contributed by atoms with Gasteiger partial charge in [0.1, 0.15) is 0 Å². The summed E-state index contributed by atoms with van der Waals surface area (Å²) in [5.74, 6) is 0.887. The highest BCUT2D eigenvalue weighted by molar-refractivity contribution is 7.07. The van der Waals surface area contributed by atoms with Gasteiger partial charge in [-0.15, -0.1) is 0 Å². The van der Waals surface area contributed by atoms with Gasteiger partial charge in [-0.2, -0.15) is 11.3 Å². The summed E-state index contributed by atoms with van der Waals surface area (Å²) in [6, 6.07) is 10.9. The Morgan fingerprint density at radius 2 is 2.00 bits per heavy atom. The second-order valence-corrected chi connectivity index (χ2v) is 7.67. The summed E-state index contributed by atoms with van der Waals surface area (Å²) in [5.41, 5.74) is 4.15. The van der Waals surface area contributed by atoms with Crippen LogP contribution in [0.2, 0.25) is 0 Å². The molecule has 26 heavy (non-hydrogen) atoms. The van der Waals surface area contributed by atoms with E-state index in [2.05, 4.69) is 65.6 Å². The first kappa shape index (κ1) is 18.9.